The number of amides is 1. The first-order valence-corrected chi connectivity index (χ1v) is 11.5. The largest absolute Gasteiger partial charge is 0.497 e. The topological polar surface area (TPSA) is 63.6 Å². The number of rotatable bonds is 7. The van der Waals surface area contributed by atoms with Crippen LogP contribution in [-0.2, 0) is 4.79 Å². The van der Waals surface area contributed by atoms with E-state index in [-0.39, 0.29) is 11.9 Å². The molecule has 0 unspecified atom stereocenters. The van der Waals surface area contributed by atoms with Gasteiger partial charge < -0.3 is 14.2 Å². The minimum Gasteiger partial charge on any atom is -0.497 e. The van der Waals surface area contributed by atoms with Gasteiger partial charge in [-0.3, -0.25) is 9.69 Å². The molecule has 0 N–H and O–H groups in total. The average molecular weight is 452 g/mol. The summed E-state index contributed by atoms with van der Waals surface area (Å²) in [5, 5.41) is 6.48. The Kier molecular flexibility index (Phi) is 7.18. The van der Waals surface area contributed by atoms with E-state index < -0.39 is 0 Å². The number of carbonyl (C=O) groups is 1. The van der Waals surface area contributed by atoms with Gasteiger partial charge in [0.25, 0.3) is 5.91 Å². The van der Waals surface area contributed by atoms with E-state index >= 15 is 0 Å². The lowest BCUT2D eigenvalue weighted by atomic mass is 9.97. The van der Waals surface area contributed by atoms with E-state index in [1.165, 1.54) is 0 Å². The first kappa shape index (κ1) is 23.1. The van der Waals surface area contributed by atoms with Gasteiger partial charge in [-0.2, -0.15) is 5.10 Å². The Balaban J connectivity index is 1.66. The van der Waals surface area contributed by atoms with Gasteiger partial charge in [0.05, 0.1) is 39.6 Å². The molecular weight excluding hydrogens is 418 g/mol. The number of benzene rings is 2. The number of hydrazone groups is 1. The van der Waals surface area contributed by atoms with Crippen LogP contribution in [0, 0.1) is 5.92 Å². The molecule has 2 aliphatic heterocycles. The average Bonchev–Trinajstić information content (AvgIpc) is 3.30. The number of ether oxygens (including phenoxy) is 3. The van der Waals surface area contributed by atoms with E-state index in [4.69, 9.17) is 19.3 Å². The Morgan fingerprint density at radius 3 is 2.42 bits per heavy atom. The van der Waals surface area contributed by atoms with E-state index in [0.717, 1.165) is 54.4 Å². The van der Waals surface area contributed by atoms with Crippen LogP contribution < -0.4 is 14.2 Å². The Morgan fingerprint density at radius 2 is 1.73 bits per heavy atom. The summed E-state index contributed by atoms with van der Waals surface area (Å²) in [5.41, 5.74) is 2.62. The quantitative estimate of drug-likeness (QED) is 0.634. The lowest BCUT2D eigenvalue weighted by Crippen LogP contribution is -2.41. The molecule has 0 bridgehead atoms. The molecule has 0 aliphatic carbocycles. The molecule has 33 heavy (non-hydrogen) atoms. The fraction of sp³-hybridized carbons (Fsp3) is 0.462. The summed E-state index contributed by atoms with van der Waals surface area (Å²) in [6, 6.07) is 13.3. The summed E-state index contributed by atoms with van der Waals surface area (Å²) in [7, 11) is 4.91. The number of nitrogens with zero attached hydrogens (tertiary/aromatic N) is 3. The van der Waals surface area contributed by atoms with Crippen LogP contribution in [0.15, 0.2) is 47.6 Å². The Morgan fingerprint density at radius 1 is 1.00 bits per heavy atom. The van der Waals surface area contributed by atoms with Gasteiger partial charge in [0.2, 0.25) is 0 Å². The highest BCUT2D eigenvalue weighted by Gasteiger charge is 2.36. The SMILES string of the molecule is COc1ccc(C2=NN(C(=O)CN3CCC(C)CC3)[C@@H](c3ccccc3OC)C2)c(OC)c1. The van der Waals surface area contributed by atoms with Crippen LogP contribution in [0.4, 0.5) is 0 Å². The monoisotopic (exact) mass is 451 g/mol. The van der Waals surface area contributed by atoms with Crippen LogP contribution >= 0.6 is 0 Å². The van der Waals surface area contributed by atoms with Crippen molar-refractivity contribution >= 4 is 11.6 Å². The fourth-order valence-electron chi connectivity index (χ4n) is 4.61. The lowest BCUT2D eigenvalue weighted by molar-refractivity contribution is -0.134. The number of carbonyl (C=O) groups excluding carboxylic acids is 1. The summed E-state index contributed by atoms with van der Waals surface area (Å²) in [6.07, 6.45) is 2.83. The number of likely N-dealkylation sites (tertiary alicyclic amines) is 1. The summed E-state index contributed by atoms with van der Waals surface area (Å²) in [4.78, 5) is 15.7. The molecule has 1 saturated heterocycles. The third-order valence-corrected chi connectivity index (χ3v) is 6.62. The van der Waals surface area contributed by atoms with Crippen LogP contribution in [0.2, 0.25) is 0 Å². The van der Waals surface area contributed by atoms with Crippen LogP contribution in [0.5, 0.6) is 17.2 Å². The second-order valence-corrected chi connectivity index (χ2v) is 8.77. The van der Waals surface area contributed by atoms with Crippen LogP contribution in [0.3, 0.4) is 0 Å². The molecule has 0 spiro atoms. The summed E-state index contributed by atoms with van der Waals surface area (Å²) in [6.45, 7) is 4.54. The van der Waals surface area contributed by atoms with Crippen molar-refractivity contribution in [2.24, 2.45) is 11.0 Å². The highest BCUT2D eigenvalue weighted by atomic mass is 16.5. The smallest absolute Gasteiger partial charge is 0.257 e. The van der Waals surface area contributed by atoms with Crippen molar-refractivity contribution in [2.45, 2.75) is 32.2 Å². The molecule has 0 saturated carbocycles. The highest BCUT2D eigenvalue weighted by Crippen LogP contribution is 2.39. The second-order valence-electron chi connectivity index (χ2n) is 8.77. The third kappa shape index (κ3) is 4.98. The Hall–Kier alpha value is -3.06. The lowest BCUT2D eigenvalue weighted by Gasteiger charge is -2.31. The Labute approximate surface area is 195 Å². The number of para-hydroxylation sites is 1. The maximum absolute atomic E-state index is 13.5. The molecule has 1 amide bonds. The molecule has 2 aliphatic rings. The van der Waals surface area contributed by atoms with Gasteiger partial charge in [-0.05, 0) is 50.0 Å². The molecule has 2 aromatic carbocycles. The molecule has 4 rings (SSSR count). The summed E-state index contributed by atoms with van der Waals surface area (Å²) in [5.74, 6) is 2.86. The van der Waals surface area contributed by atoms with Crippen LogP contribution in [-0.4, -0.2) is 62.5 Å². The highest BCUT2D eigenvalue weighted by molar-refractivity contribution is 6.05. The van der Waals surface area contributed by atoms with Gasteiger partial charge in [-0.15, -0.1) is 0 Å². The van der Waals surface area contributed by atoms with E-state index in [2.05, 4.69) is 11.8 Å². The van der Waals surface area contributed by atoms with Gasteiger partial charge in [0, 0.05) is 23.6 Å². The van der Waals surface area contributed by atoms with Crippen molar-refractivity contribution in [1.29, 1.82) is 0 Å². The standard InChI is InChI=1S/C26H33N3O4/c1-18-11-13-28(14-12-18)17-26(30)29-23(21-7-5-6-8-24(21)32-3)16-22(27-29)20-10-9-19(31-2)15-25(20)33-4/h5-10,15,18,23H,11-14,16-17H2,1-4H3/t23-/m1/s1. The number of hydrogen-bond acceptors (Lipinski definition) is 6. The van der Waals surface area contributed by atoms with Gasteiger partial charge in [-0.1, -0.05) is 25.1 Å². The molecule has 2 aromatic rings. The summed E-state index contributed by atoms with van der Waals surface area (Å²) < 4.78 is 16.6. The first-order chi connectivity index (χ1) is 16.0. The molecular formula is C26H33N3O4. The fourth-order valence-corrected chi connectivity index (χ4v) is 4.61. The molecule has 1 fully saturated rings. The molecule has 0 radical (unpaired) electrons. The second kappa shape index (κ2) is 10.3. The zero-order valence-electron chi connectivity index (χ0n) is 19.9. The predicted molar refractivity (Wildman–Crippen MR) is 128 cm³/mol. The van der Waals surface area contributed by atoms with Crippen molar-refractivity contribution < 1.29 is 19.0 Å². The van der Waals surface area contributed by atoms with E-state index in [9.17, 15) is 4.79 Å². The molecule has 7 nitrogen and oxygen atoms in total. The van der Waals surface area contributed by atoms with Crippen molar-refractivity contribution in [3.63, 3.8) is 0 Å². The maximum Gasteiger partial charge on any atom is 0.257 e. The minimum absolute atomic E-state index is 0.00272. The van der Waals surface area contributed by atoms with E-state index in [1.54, 1.807) is 26.3 Å². The summed E-state index contributed by atoms with van der Waals surface area (Å²) >= 11 is 0. The van der Waals surface area contributed by atoms with Crippen molar-refractivity contribution in [3.05, 3.63) is 53.6 Å². The predicted octanol–water partition coefficient (Wildman–Crippen LogP) is 4.12. The van der Waals surface area contributed by atoms with Crippen LogP contribution in [0.25, 0.3) is 0 Å². The molecule has 7 heteroatoms. The molecule has 176 valence electrons. The van der Waals surface area contributed by atoms with Crippen molar-refractivity contribution in [2.75, 3.05) is 41.0 Å². The minimum atomic E-state index is -0.237. The molecule has 1 atom stereocenters. The third-order valence-electron chi connectivity index (χ3n) is 6.62. The van der Waals surface area contributed by atoms with Crippen molar-refractivity contribution in [3.8, 4) is 17.2 Å². The number of methoxy groups -OCH3 is 3. The van der Waals surface area contributed by atoms with Gasteiger partial charge in [0.15, 0.2) is 0 Å². The molecule has 2 heterocycles. The van der Waals surface area contributed by atoms with Crippen molar-refractivity contribution in [1.82, 2.24) is 9.91 Å². The maximum atomic E-state index is 13.5. The van der Waals surface area contributed by atoms with E-state index in [0.29, 0.717) is 24.5 Å². The first-order valence-electron chi connectivity index (χ1n) is 11.5. The number of piperidine rings is 1. The number of hydrogen-bond donors (Lipinski definition) is 0. The zero-order chi connectivity index (χ0) is 23.4. The molecule has 0 aromatic heterocycles. The normalized spacial score (nSPS) is 19.3. The van der Waals surface area contributed by atoms with Gasteiger partial charge >= 0.3 is 0 Å². The van der Waals surface area contributed by atoms with E-state index in [1.807, 2.05) is 42.5 Å². The van der Waals surface area contributed by atoms with Crippen LogP contribution in [0.1, 0.15) is 43.4 Å². The van der Waals surface area contributed by atoms with Gasteiger partial charge in [0.1, 0.15) is 17.2 Å². The van der Waals surface area contributed by atoms with Gasteiger partial charge in [-0.25, -0.2) is 5.01 Å². The zero-order valence-corrected chi connectivity index (χ0v) is 19.9. The Bertz CT molecular complexity index is 1010.